The first-order chi connectivity index (χ1) is 9.28. The average molecular weight is 250 g/mol. The van der Waals surface area contributed by atoms with Gasteiger partial charge in [-0.25, -0.2) is 15.0 Å². The number of nitrogens with zero attached hydrogens (tertiary/aromatic N) is 5. The number of aromatic nitrogens is 4. The van der Waals surface area contributed by atoms with E-state index in [1.54, 1.807) is 12.4 Å². The quantitative estimate of drug-likeness (QED) is 0.740. The summed E-state index contributed by atoms with van der Waals surface area (Å²) in [5, 5.41) is 8.89. The van der Waals surface area contributed by atoms with Crippen molar-refractivity contribution in [2.75, 3.05) is 5.73 Å². The lowest BCUT2D eigenvalue weighted by molar-refractivity contribution is 0.813. The molecular weight excluding hydrogens is 240 g/mol. The monoisotopic (exact) mass is 250 g/mol. The second-order valence-electron chi connectivity index (χ2n) is 4.12. The van der Waals surface area contributed by atoms with Crippen LogP contribution in [0.15, 0.2) is 36.9 Å². The van der Waals surface area contributed by atoms with E-state index in [0.717, 1.165) is 5.56 Å². The number of hydrogen-bond acceptors (Lipinski definition) is 5. The summed E-state index contributed by atoms with van der Waals surface area (Å²) in [6.45, 7) is 0.586. The highest BCUT2D eigenvalue weighted by Gasteiger charge is 2.08. The van der Waals surface area contributed by atoms with Crippen molar-refractivity contribution in [2.45, 2.75) is 6.54 Å². The van der Waals surface area contributed by atoms with Gasteiger partial charge in [-0.1, -0.05) is 12.1 Å². The van der Waals surface area contributed by atoms with Crippen molar-refractivity contribution >= 4 is 17.0 Å². The summed E-state index contributed by atoms with van der Waals surface area (Å²) >= 11 is 0. The minimum atomic E-state index is 0.370. The molecular formula is C13H10N6. The maximum atomic E-state index is 8.89. The SMILES string of the molecule is N#Cc1cccc(Cn2cnc3c(N)ncnc32)c1. The van der Waals surface area contributed by atoms with E-state index < -0.39 is 0 Å². The van der Waals surface area contributed by atoms with Gasteiger partial charge in [0.05, 0.1) is 24.5 Å². The molecule has 2 heterocycles. The third-order valence-electron chi connectivity index (χ3n) is 2.84. The third-order valence-corrected chi connectivity index (χ3v) is 2.84. The molecule has 3 aromatic rings. The third kappa shape index (κ3) is 1.98. The first kappa shape index (κ1) is 11.2. The maximum Gasteiger partial charge on any atom is 0.165 e. The summed E-state index contributed by atoms with van der Waals surface area (Å²) in [4.78, 5) is 12.3. The Morgan fingerprint density at radius 3 is 3.00 bits per heavy atom. The predicted molar refractivity (Wildman–Crippen MR) is 70.0 cm³/mol. The van der Waals surface area contributed by atoms with Gasteiger partial charge in [0.2, 0.25) is 0 Å². The van der Waals surface area contributed by atoms with E-state index in [0.29, 0.717) is 29.1 Å². The van der Waals surface area contributed by atoms with E-state index in [9.17, 15) is 0 Å². The molecule has 1 aromatic carbocycles. The topological polar surface area (TPSA) is 93.4 Å². The van der Waals surface area contributed by atoms with Crippen LogP contribution < -0.4 is 5.73 Å². The first-order valence-electron chi connectivity index (χ1n) is 5.68. The summed E-state index contributed by atoms with van der Waals surface area (Å²) in [7, 11) is 0. The fourth-order valence-corrected chi connectivity index (χ4v) is 1.95. The summed E-state index contributed by atoms with van der Waals surface area (Å²) in [5.41, 5.74) is 8.67. The number of benzene rings is 1. The molecule has 0 amide bonds. The molecule has 3 rings (SSSR count). The van der Waals surface area contributed by atoms with E-state index in [-0.39, 0.29) is 0 Å². The molecule has 0 aliphatic carbocycles. The molecule has 0 fully saturated rings. The smallest absolute Gasteiger partial charge is 0.165 e. The second-order valence-corrected chi connectivity index (χ2v) is 4.12. The van der Waals surface area contributed by atoms with Crippen LogP contribution in [0.5, 0.6) is 0 Å². The molecule has 19 heavy (non-hydrogen) atoms. The van der Waals surface area contributed by atoms with E-state index in [1.807, 2.05) is 22.8 Å². The van der Waals surface area contributed by atoms with Crippen molar-refractivity contribution in [3.05, 3.63) is 48.0 Å². The van der Waals surface area contributed by atoms with Crippen molar-refractivity contribution in [3.63, 3.8) is 0 Å². The zero-order chi connectivity index (χ0) is 13.2. The van der Waals surface area contributed by atoms with Crippen LogP contribution in [-0.4, -0.2) is 19.5 Å². The lowest BCUT2D eigenvalue weighted by Crippen LogP contribution is -2.00. The Morgan fingerprint density at radius 2 is 2.16 bits per heavy atom. The van der Waals surface area contributed by atoms with Crippen LogP contribution in [-0.2, 0) is 6.54 Å². The minimum absolute atomic E-state index is 0.370. The molecule has 0 saturated heterocycles. The van der Waals surface area contributed by atoms with E-state index in [1.165, 1.54) is 6.33 Å². The van der Waals surface area contributed by atoms with Crippen LogP contribution in [0.3, 0.4) is 0 Å². The Kier molecular flexibility index (Phi) is 2.58. The Bertz CT molecular complexity index is 783. The van der Waals surface area contributed by atoms with Crippen LogP contribution >= 0.6 is 0 Å². The lowest BCUT2D eigenvalue weighted by atomic mass is 10.1. The molecule has 0 saturated carbocycles. The van der Waals surface area contributed by atoms with Crippen molar-refractivity contribution in [3.8, 4) is 6.07 Å². The average Bonchev–Trinajstić information content (AvgIpc) is 2.84. The van der Waals surface area contributed by atoms with Gasteiger partial charge in [-0.2, -0.15) is 5.26 Å². The normalized spacial score (nSPS) is 10.5. The molecule has 0 unspecified atom stereocenters. The van der Waals surface area contributed by atoms with Crippen molar-refractivity contribution < 1.29 is 0 Å². The largest absolute Gasteiger partial charge is 0.382 e. The van der Waals surface area contributed by atoms with Crippen LogP contribution in [0, 0.1) is 11.3 Å². The van der Waals surface area contributed by atoms with Crippen LogP contribution in [0.4, 0.5) is 5.82 Å². The summed E-state index contributed by atoms with van der Waals surface area (Å²) in [6.07, 6.45) is 3.09. The van der Waals surface area contributed by atoms with Crippen LogP contribution in [0.2, 0.25) is 0 Å². The van der Waals surface area contributed by atoms with Gasteiger partial charge in [0.25, 0.3) is 0 Å². The fourth-order valence-electron chi connectivity index (χ4n) is 1.95. The predicted octanol–water partition coefficient (Wildman–Crippen LogP) is 1.33. The molecule has 0 aliphatic rings. The Hall–Kier alpha value is -2.94. The van der Waals surface area contributed by atoms with Crippen molar-refractivity contribution in [1.82, 2.24) is 19.5 Å². The number of rotatable bonds is 2. The molecule has 0 bridgehead atoms. The van der Waals surface area contributed by atoms with Crippen LogP contribution in [0.25, 0.3) is 11.2 Å². The standard InChI is InChI=1S/C13H10N6/c14-5-9-2-1-3-10(4-9)6-19-8-18-11-12(15)16-7-17-13(11)19/h1-4,7-8H,6H2,(H2,15,16,17). The molecule has 2 N–H and O–H groups in total. The van der Waals surface area contributed by atoms with Crippen LogP contribution in [0.1, 0.15) is 11.1 Å². The number of nitrogens with two attached hydrogens (primary N) is 1. The molecule has 92 valence electrons. The zero-order valence-corrected chi connectivity index (χ0v) is 9.98. The summed E-state index contributed by atoms with van der Waals surface area (Å²) < 4.78 is 1.88. The lowest BCUT2D eigenvalue weighted by Gasteiger charge is -2.04. The minimum Gasteiger partial charge on any atom is -0.382 e. The number of anilines is 1. The van der Waals surface area contributed by atoms with E-state index in [2.05, 4.69) is 21.0 Å². The van der Waals surface area contributed by atoms with Gasteiger partial charge >= 0.3 is 0 Å². The Morgan fingerprint density at radius 1 is 1.26 bits per heavy atom. The van der Waals surface area contributed by atoms with Crippen molar-refractivity contribution in [2.24, 2.45) is 0 Å². The maximum absolute atomic E-state index is 8.89. The second kappa shape index (κ2) is 4.38. The molecule has 0 atom stereocenters. The highest BCUT2D eigenvalue weighted by atomic mass is 15.1. The van der Waals surface area contributed by atoms with Gasteiger partial charge in [0.1, 0.15) is 11.8 Å². The molecule has 2 aromatic heterocycles. The molecule has 6 heteroatoms. The molecule has 0 radical (unpaired) electrons. The van der Waals surface area contributed by atoms with E-state index >= 15 is 0 Å². The van der Waals surface area contributed by atoms with Gasteiger partial charge in [-0.3, -0.25) is 0 Å². The van der Waals surface area contributed by atoms with Crippen molar-refractivity contribution in [1.29, 1.82) is 5.26 Å². The van der Waals surface area contributed by atoms with Gasteiger partial charge in [-0.15, -0.1) is 0 Å². The number of nitriles is 1. The van der Waals surface area contributed by atoms with Gasteiger partial charge in [-0.05, 0) is 17.7 Å². The fraction of sp³-hybridized carbons (Fsp3) is 0.0769. The number of hydrogen-bond donors (Lipinski definition) is 1. The first-order valence-corrected chi connectivity index (χ1v) is 5.68. The number of nitrogen functional groups attached to an aromatic ring is 1. The Labute approximate surface area is 109 Å². The molecule has 6 nitrogen and oxygen atoms in total. The molecule has 0 spiro atoms. The highest BCUT2D eigenvalue weighted by molar-refractivity contribution is 5.81. The number of fused-ring (bicyclic) bond motifs is 1. The summed E-state index contributed by atoms with van der Waals surface area (Å²) in [6, 6.07) is 9.55. The highest BCUT2D eigenvalue weighted by Crippen LogP contribution is 2.16. The zero-order valence-electron chi connectivity index (χ0n) is 9.98. The molecule has 0 aliphatic heterocycles. The Balaban J connectivity index is 2.02. The number of imidazole rings is 1. The van der Waals surface area contributed by atoms with E-state index in [4.69, 9.17) is 11.0 Å². The van der Waals surface area contributed by atoms with Gasteiger partial charge < -0.3 is 10.3 Å². The van der Waals surface area contributed by atoms with Gasteiger partial charge in [0.15, 0.2) is 11.5 Å². The summed E-state index contributed by atoms with van der Waals surface area (Å²) in [5.74, 6) is 0.370. The van der Waals surface area contributed by atoms with Gasteiger partial charge in [0, 0.05) is 0 Å².